The quantitative estimate of drug-likeness (QED) is 0.794. The first kappa shape index (κ1) is 18.9. The van der Waals surface area contributed by atoms with Crippen LogP contribution in [0.2, 0.25) is 0 Å². The molecule has 3 heterocycles. The lowest BCUT2D eigenvalue weighted by Crippen LogP contribution is -2.53. The van der Waals surface area contributed by atoms with Gasteiger partial charge < -0.3 is 14.7 Å². The second kappa shape index (κ2) is 8.31. The second-order valence-corrected chi connectivity index (χ2v) is 8.28. The Kier molecular flexibility index (Phi) is 5.62. The summed E-state index contributed by atoms with van der Waals surface area (Å²) in [5, 5.41) is 1.90. The molecule has 2 aromatic rings. The summed E-state index contributed by atoms with van der Waals surface area (Å²) in [6.07, 6.45) is 1.67. The van der Waals surface area contributed by atoms with Crippen LogP contribution in [0, 0.1) is 11.7 Å². The summed E-state index contributed by atoms with van der Waals surface area (Å²) in [5.41, 5.74) is 0.597. The van der Waals surface area contributed by atoms with Crippen LogP contribution >= 0.6 is 11.3 Å². The third kappa shape index (κ3) is 3.90. The molecule has 0 aliphatic carbocycles. The highest BCUT2D eigenvalue weighted by Crippen LogP contribution is 2.24. The Labute approximate surface area is 168 Å². The molecule has 28 heavy (non-hydrogen) atoms. The molecule has 1 atom stereocenters. The number of amides is 2. The van der Waals surface area contributed by atoms with E-state index in [4.69, 9.17) is 0 Å². The first-order chi connectivity index (χ1) is 13.6. The summed E-state index contributed by atoms with van der Waals surface area (Å²) in [5.74, 6) is -0.219. The fraction of sp³-hybridized carbons (Fsp3) is 0.429. The Bertz CT molecular complexity index is 834. The Morgan fingerprint density at radius 2 is 1.75 bits per heavy atom. The van der Waals surface area contributed by atoms with Gasteiger partial charge in [0.25, 0.3) is 5.91 Å². The van der Waals surface area contributed by atoms with Gasteiger partial charge in [0.05, 0.1) is 16.5 Å². The number of thiophene rings is 1. The van der Waals surface area contributed by atoms with Gasteiger partial charge in [-0.1, -0.05) is 18.2 Å². The SMILES string of the molecule is O=C(c1cccs1)N1CCCC(C(=O)N2CCN(c3ccccc3F)CC2)C1. The Morgan fingerprint density at radius 1 is 0.964 bits per heavy atom. The number of rotatable bonds is 3. The van der Waals surface area contributed by atoms with Crippen molar-refractivity contribution in [2.45, 2.75) is 12.8 Å². The number of halogens is 1. The van der Waals surface area contributed by atoms with Crippen molar-refractivity contribution in [2.75, 3.05) is 44.2 Å². The Balaban J connectivity index is 1.35. The highest BCUT2D eigenvalue weighted by molar-refractivity contribution is 7.12. The van der Waals surface area contributed by atoms with Crippen molar-refractivity contribution in [3.05, 3.63) is 52.5 Å². The van der Waals surface area contributed by atoms with Gasteiger partial charge in [-0.25, -0.2) is 4.39 Å². The molecular formula is C21H24FN3O2S. The lowest BCUT2D eigenvalue weighted by molar-refractivity contribution is -0.137. The molecule has 4 rings (SSSR count). The van der Waals surface area contributed by atoms with E-state index >= 15 is 0 Å². The zero-order chi connectivity index (χ0) is 19.5. The number of carbonyl (C=O) groups is 2. The molecule has 1 aromatic carbocycles. The van der Waals surface area contributed by atoms with Crippen molar-refractivity contribution >= 4 is 28.8 Å². The van der Waals surface area contributed by atoms with Gasteiger partial charge in [0, 0.05) is 39.3 Å². The molecule has 1 aromatic heterocycles. The summed E-state index contributed by atoms with van der Waals surface area (Å²) in [4.78, 5) is 32.0. The molecule has 148 valence electrons. The maximum Gasteiger partial charge on any atom is 0.263 e. The first-order valence-electron chi connectivity index (χ1n) is 9.74. The topological polar surface area (TPSA) is 43.9 Å². The number of hydrogen-bond donors (Lipinski definition) is 0. The van der Waals surface area contributed by atoms with Gasteiger partial charge in [-0.15, -0.1) is 11.3 Å². The van der Waals surface area contributed by atoms with E-state index in [-0.39, 0.29) is 23.5 Å². The van der Waals surface area contributed by atoms with E-state index in [9.17, 15) is 14.0 Å². The van der Waals surface area contributed by atoms with Crippen LogP contribution in [0.25, 0.3) is 0 Å². The fourth-order valence-electron chi connectivity index (χ4n) is 4.05. The molecule has 5 nitrogen and oxygen atoms in total. The Hall–Kier alpha value is -2.41. The van der Waals surface area contributed by atoms with Crippen molar-refractivity contribution in [3.63, 3.8) is 0 Å². The van der Waals surface area contributed by atoms with Crippen molar-refractivity contribution in [1.82, 2.24) is 9.80 Å². The number of piperidine rings is 1. The molecule has 0 spiro atoms. The maximum atomic E-state index is 14.0. The molecule has 7 heteroatoms. The summed E-state index contributed by atoms with van der Waals surface area (Å²) >= 11 is 1.44. The fourth-order valence-corrected chi connectivity index (χ4v) is 4.74. The molecule has 2 aliphatic heterocycles. The third-order valence-electron chi connectivity index (χ3n) is 5.57. The molecule has 0 bridgehead atoms. The van der Waals surface area contributed by atoms with Crippen LogP contribution in [0.4, 0.5) is 10.1 Å². The summed E-state index contributed by atoms with van der Waals surface area (Å²) < 4.78 is 14.0. The monoisotopic (exact) mass is 401 g/mol. The number of benzene rings is 1. The molecule has 0 saturated carbocycles. The summed E-state index contributed by atoms with van der Waals surface area (Å²) in [7, 11) is 0. The van der Waals surface area contributed by atoms with Gasteiger partial charge in [0.2, 0.25) is 5.91 Å². The number of anilines is 1. The molecule has 1 unspecified atom stereocenters. The number of piperazine rings is 1. The van der Waals surface area contributed by atoms with E-state index in [2.05, 4.69) is 0 Å². The first-order valence-corrected chi connectivity index (χ1v) is 10.6. The number of carbonyl (C=O) groups excluding carboxylic acids is 2. The predicted octanol–water partition coefficient (Wildman–Crippen LogP) is 3.09. The van der Waals surface area contributed by atoms with E-state index in [1.54, 1.807) is 12.1 Å². The maximum absolute atomic E-state index is 14.0. The molecule has 2 saturated heterocycles. The average molecular weight is 402 g/mol. The number of nitrogens with zero attached hydrogens (tertiary/aromatic N) is 3. The van der Waals surface area contributed by atoms with E-state index in [1.165, 1.54) is 17.4 Å². The van der Waals surface area contributed by atoms with Gasteiger partial charge in [0.15, 0.2) is 0 Å². The smallest absolute Gasteiger partial charge is 0.263 e. The van der Waals surface area contributed by atoms with Crippen LogP contribution < -0.4 is 4.90 Å². The summed E-state index contributed by atoms with van der Waals surface area (Å²) in [6, 6.07) is 10.5. The molecule has 2 aliphatic rings. The minimum atomic E-state index is -0.225. The van der Waals surface area contributed by atoms with Crippen molar-refractivity contribution in [2.24, 2.45) is 5.92 Å². The molecule has 0 radical (unpaired) electrons. The van der Waals surface area contributed by atoms with Gasteiger partial charge in [0.1, 0.15) is 5.82 Å². The van der Waals surface area contributed by atoms with Crippen LogP contribution in [0.3, 0.4) is 0 Å². The molecule has 0 N–H and O–H groups in total. The standard InChI is InChI=1S/C21H24FN3O2S/c22-17-6-1-2-7-18(17)23-10-12-24(13-11-23)20(26)16-5-3-9-25(15-16)21(27)19-8-4-14-28-19/h1-2,4,6-8,14,16H,3,5,9-13,15H2. The normalized spacial score (nSPS) is 20.3. The number of para-hydroxylation sites is 1. The minimum absolute atomic E-state index is 0.0249. The minimum Gasteiger partial charge on any atom is -0.366 e. The van der Waals surface area contributed by atoms with Crippen LogP contribution in [0.5, 0.6) is 0 Å². The summed E-state index contributed by atoms with van der Waals surface area (Å²) in [6.45, 7) is 3.62. The van der Waals surface area contributed by atoms with Crippen molar-refractivity contribution < 1.29 is 14.0 Å². The number of hydrogen-bond acceptors (Lipinski definition) is 4. The molecular weight excluding hydrogens is 377 g/mol. The number of likely N-dealkylation sites (tertiary alicyclic amines) is 1. The highest BCUT2D eigenvalue weighted by Gasteiger charge is 2.33. The van der Waals surface area contributed by atoms with Crippen LogP contribution in [0.15, 0.2) is 41.8 Å². The van der Waals surface area contributed by atoms with Crippen molar-refractivity contribution in [1.29, 1.82) is 0 Å². The third-order valence-corrected chi connectivity index (χ3v) is 6.43. The van der Waals surface area contributed by atoms with E-state index in [0.29, 0.717) is 45.0 Å². The zero-order valence-corrected chi connectivity index (χ0v) is 16.5. The van der Waals surface area contributed by atoms with E-state index < -0.39 is 0 Å². The highest BCUT2D eigenvalue weighted by atomic mass is 32.1. The van der Waals surface area contributed by atoms with Crippen molar-refractivity contribution in [3.8, 4) is 0 Å². The van der Waals surface area contributed by atoms with E-state index in [0.717, 1.165) is 17.7 Å². The van der Waals surface area contributed by atoms with Crippen LogP contribution in [0.1, 0.15) is 22.5 Å². The predicted molar refractivity (Wildman–Crippen MR) is 108 cm³/mol. The lowest BCUT2D eigenvalue weighted by atomic mass is 9.96. The van der Waals surface area contributed by atoms with Gasteiger partial charge in [-0.3, -0.25) is 9.59 Å². The van der Waals surface area contributed by atoms with Gasteiger partial charge >= 0.3 is 0 Å². The molecule has 2 fully saturated rings. The van der Waals surface area contributed by atoms with Crippen LogP contribution in [-0.2, 0) is 4.79 Å². The average Bonchev–Trinajstić information content (AvgIpc) is 3.28. The van der Waals surface area contributed by atoms with Gasteiger partial charge in [-0.05, 0) is 36.4 Å². The van der Waals surface area contributed by atoms with Crippen LogP contribution in [-0.4, -0.2) is 60.9 Å². The largest absolute Gasteiger partial charge is 0.366 e. The Morgan fingerprint density at radius 3 is 2.46 bits per heavy atom. The van der Waals surface area contributed by atoms with E-state index in [1.807, 2.05) is 38.3 Å². The second-order valence-electron chi connectivity index (χ2n) is 7.33. The zero-order valence-electron chi connectivity index (χ0n) is 15.7. The van der Waals surface area contributed by atoms with Gasteiger partial charge in [-0.2, -0.15) is 0 Å². The molecule has 2 amide bonds. The lowest BCUT2D eigenvalue weighted by Gasteiger charge is -2.39.